The average molecular weight is 271 g/mol. The molecule has 0 saturated carbocycles. The van der Waals surface area contributed by atoms with Crippen molar-refractivity contribution < 1.29 is 9.90 Å². The first-order valence-corrected chi connectivity index (χ1v) is 6.92. The van der Waals surface area contributed by atoms with E-state index >= 15 is 0 Å². The highest BCUT2D eigenvalue weighted by Crippen LogP contribution is 2.24. The molecule has 0 spiro atoms. The maximum atomic E-state index is 10.8. The predicted octanol–water partition coefficient (Wildman–Crippen LogP) is 2.89. The van der Waals surface area contributed by atoms with Crippen LogP contribution in [0.1, 0.15) is 52.8 Å². The van der Waals surface area contributed by atoms with Crippen molar-refractivity contribution in [3.8, 4) is 0 Å². The van der Waals surface area contributed by atoms with Crippen LogP contribution in [0.4, 0.5) is 5.13 Å². The fraction of sp³-hybridized carbons (Fsp3) is 0.750. The normalized spacial score (nSPS) is 13.3. The van der Waals surface area contributed by atoms with Gasteiger partial charge in [-0.1, -0.05) is 34.1 Å². The summed E-state index contributed by atoms with van der Waals surface area (Å²) in [5.74, 6) is 0.00193. The van der Waals surface area contributed by atoms with Crippen LogP contribution in [0, 0.1) is 0 Å². The number of rotatable bonds is 6. The van der Waals surface area contributed by atoms with E-state index < -0.39 is 5.97 Å². The molecule has 0 fully saturated rings. The van der Waals surface area contributed by atoms with E-state index in [1.807, 2.05) is 6.92 Å². The van der Waals surface area contributed by atoms with Crippen LogP contribution in [0.5, 0.6) is 0 Å². The second-order valence-corrected chi connectivity index (χ2v) is 6.15. The van der Waals surface area contributed by atoms with Crippen molar-refractivity contribution >= 4 is 22.6 Å². The van der Waals surface area contributed by atoms with E-state index in [9.17, 15) is 4.79 Å². The molecule has 1 atom stereocenters. The van der Waals surface area contributed by atoms with E-state index in [0.29, 0.717) is 5.13 Å². The molecule has 1 rings (SSSR count). The number of hydrogen-bond donors (Lipinski definition) is 2. The van der Waals surface area contributed by atoms with Crippen molar-refractivity contribution in [2.24, 2.45) is 0 Å². The topological polar surface area (TPSA) is 75.1 Å². The standard InChI is InChI=1S/C12H21N3O2S/c1-5-6-8(7-9(16)17)13-11-14-10(15-18-11)12(2,3)4/h8H,5-7H2,1-4H3,(H,16,17)(H,13,14,15). The molecule has 1 aromatic heterocycles. The summed E-state index contributed by atoms with van der Waals surface area (Å²) in [4.78, 5) is 15.2. The Labute approximate surface area is 112 Å². The van der Waals surface area contributed by atoms with Gasteiger partial charge in [0.05, 0.1) is 6.42 Å². The zero-order valence-corrected chi connectivity index (χ0v) is 12.2. The molecule has 6 heteroatoms. The lowest BCUT2D eigenvalue weighted by Crippen LogP contribution is -2.23. The summed E-state index contributed by atoms with van der Waals surface area (Å²) in [5.41, 5.74) is -0.0799. The zero-order valence-electron chi connectivity index (χ0n) is 11.4. The third kappa shape index (κ3) is 4.60. The highest BCUT2D eigenvalue weighted by atomic mass is 32.1. The highest BCUT2D eigenvalue weighted by Gasteiger charge is 2.21. The monoisotopic (exact) mass is 271 g/mol. The first-order valence-electron chi connectivity index (χ1n) is 6.15. The third-order valence-corrected chi connectivity index (χ3v) is 3.13. The molecule has 0 aliphatic heterocycles. The van der Waals surface area contributed by atoms with Gasteiger partial charge in [-0.25, -0.2) is 4.98 Å². The molecular formula is C12H21N3O2S. The summed E-state index contributed by atoms with van der Waals surface area (Å²) in [6.45, 7) is 8.20. The lowest BCUT2D eigenvalue weighted by Gasteiger charge is -2.15. The van der Waals surface area contributed by atoms with Crippen molar-refractivity contribution in [1.29, 1.82) is 0 Å². The summed E-state index contributed by atoms with van der Waals surface area (Å²) in [7, 11) is 0. The van der Waals surface area contributed by atoms with E-state index in [-0.39, 0.29) is 17.9 Å². The molecule has 0 radical (unpaired) electrons. The van der Waals surface area contributed by atoms with Crippen LogP contribution in [-0.2, 0) is 10.2 Å². The summed E-state index contributed by atoms with van der Waals surface area (Å²) in [5, 5.41) is 12.7. The van der Waals surface area contributed by atoms with E-state index in [2.05, 4.69) is 35.4 Å². The molecule has 0 aliphatic carbocycles. The maximum Gasteiger partial charge on any atom is 0.305 e. The van der Waals surface area contributed by atoms with E-state index in [0.717, 1.165) is 18.7 Å². The number of anilines is 1. The molecule has 18 heavy (non-hydrogen) atoms. The fourth-order valence-electron chi connectivity index (χ4n) is 1.55. The van der Waals surface area contributed by atoms with Crippen LogP contribution in [0.2, 0.25) is 0 Å². The Hall–Kier alpha value is -1.17. The van der Waals surface area contributed by atoms with Crippen molar-refractivity contribution in [2.45, 2.75) is 58.4 Å². The SMILES string of the molecule is CCCC(CC(=O)O)Nc1nc(C(C)(C)C)ns1. The molecule has 2 N–H and O–H groups in total. The predicted molar refractivity (Wildman–Crippen MR) is 73.2 cm³/mol. The number of nitrogens with zero attached hydrogens (tertiary/aromatic N) is 2. The van der Waals surface area contributed by atoms with Gasteiger partial charge in [0.2, 0.25) is 5.13 Å². The first-order chi connectivity index (χ1) is 8.32. The number of hydrogen-bond acceptors (Lipinski definition) is 5. The molecule has 0 amide bonds. The molecule has 0 bridgehead atoms. The van der Waals surface area contributed by atoms with Gasteiger partial charge < -0.3 is 10.4 Å². The Balaban J connectivity index is 2.69. The average Bonchev–Trinajstić information content (AvgIpc) is 2.64. The van der Waals surface area contributed by atoms with Crippen molar-refractivity contribution in [2.75, 3.05) is 5.32 Å². The molecular weight excluding hydrogens is 250 g/mol. The molecule has 1 heterocycles. The zero-order chi connectivity index (χ0) is 13.8. The van der Waals surface area contributed by atoms with Gasteiger partial charge in [0.15, 0.2) is 0 Å². The fourth-order valence-corrected chi connectivity index (χ4v) is 2.38. The Kier molecular flexibility index (Phi) is 5.07. The van der Waals surface area contributed by atoms with Crippen molar-refractivity contribution in [1.82, 2.24) is 9.36 Å². The van der Waals surface area contributed by atoms with Gasteiger partial charge in [-0.05, 0) is 6.42 Å². The lowest BCUT2D eigenvalue weighted by molar-refractivity contribution is -0.137. The van der Waals surface area contributed by atoms with E-state index in [4.69, 9.17) is 5.11 Å². The maximum absolute atomic E-state index is 10.8. The van der Waals surface area contributed by atoms with Crippen molar-refractivity contribution in [3.63, 3.8) is 0 Å². The molecule has 0 aromatic carbocycles. The number of carbonyl (C=O) groups is 1. The Morgan fingerprint density at radius 2 is 2.17 bits per heavy atom. The summed E-state index contributed by atoms with van der Waals surface area (Å²) in [6.07, 6.45) is 1.87. The smallest absolute Gasteiger partial charge is 0.305 e. The largest absolute Gasteiger partial charge is 0.481 e. The van der Waals surface area contributed by atoms with E-state index in [1.165, 1.54) is 11.5 Å². The quantitative estimate of drug-likeness (QED) is 0.832. The molecule has 0 aliphatic rings. The number of aliphatic carboxylic acids is 1. The number of carboxylic acid groups (broad SMARTS) is 1. The Morgan fingerprint density at radius 3 is 2.61 bits per heavy atom. The number of carboxylic acids is 1. The van der Waals surface area contributed by atoms with Crippen LogP contribution in [-0.4, -0.2) is 26.5 Å². The minimum atomic E-state index is -0.790. The van der Waals surface area contributed by atoms with Crippen molar-refractivity contribution in [3.05, 3.63) is 5.82 Å². The van der Waals surface area contributed by atoms with E-state index in [1.54, 1.807) is 0 Å². The lowest BCUT2D eigenvalue weighted by atomic mass is 9.96. The van der Waals surface area contributed by atoms with Gasteiger partial charge in [0, 0.05) is 23.0 Å². The van der Waals surface area contributed by atoms with Crippen LogP contribution in [0.15, 0.2) is 0 Å². The Morgan fingerprint density at radius 1 is 1.50 bits per heavy atom. The first kappa shape index (κ1) is 14.9. The van der Waals surface area contributed by atoms with Crippen LogP contribution in [0.3, 0.4) is 0 Å². The minimum Gasteiger partial charge on any atom is -0.481 e. The Bertz CT molecular complexity index is 398. The van der Waals surface area contributed by atoms with Gasteiger partial charge >= 0.3 is 5.97 Å². The van der Waals surface area contributed by atoms with Crippen LogP contribution >= 0.6 is 11.5 Å². The minimum absolute atomic E-state index is 0.0757. The summed E-state index contributed by atoms with van der Waals surface area (Å²) >= 11 is 1.29. The van der Waals surface area contributed by atoms with Gasteiger partial charge in [-0.2, -0.15) is 4.37 Å². The van der Waals surface area contributed by atoms with Crippen LogP contribution in [0.25, 0.3) is 0 Å². The summed E-state index contributed by atoms with van der Waals surface area (Å²) < 4.78 is 4.30. The molecule has 0 saturated heterocycles. The molecule has 102 valence electrons. The molecule has 1 aromatic rings. The van der Waals surface area contributed by atoms with Crippen LogP contribution < -0.4 is 5.32 Å². The molecule has 5 nitrogen and oxygen atoms in total. The van der Waals surface area contributed by atoms with Gasteiger partial charge in [0.25, 0.3) is 0 Å². The molecule has 1 unspecified atom stereocenters. The van der Waals surface area contributed by atoms with Gasteiger partial charge in [0.1, 0.15) is 5.82 Å². The number of aromatic nitrogens is 2. The summed E-state index contributed by atoms with van der Waals surface area (Å²) in [6, 6.07) is -0.0757. The van der Waals surface area contributed by atoms with Gasteiger partial charge in [-0.15, -0.1) is 0 Å². The number of nitrogens with one attached hydrogen (secondary N) is 1. The highest BCUT2D eigenvalue weighted by molar-refractivity contribution is 7.09. The third-order valence-electron chi connectivity index (χ3n) is 2.48. The van der Waals surface area contributed by atoms with Gasteiger partial charge in [-0.3, -0.25) is 4.79 Å². The second kappa shape index (κ2) is 6.13. The second-order valence-electron chi connectivity index (χ2n) is 5.40.